The van der Waals surface area contributed by atoms with E-state index in [2.05, 4.69) is 34.5 Å². The van der Waals surface area contributed by atoms with E-state index in [0.717, 1.165) is 39.3 Å². The van der Waals surface area contributed by atoms with E-state index in [1.807, 2.05) is 14.1 Å². The van der Waals surface area contributed by atoms with Crippen LogP contribution in [-0.2, 0) is 0 Å². The number of nitrogens with zero attached hydrogens (tertiary/aromatic N) is 3. The molecule has 0 aliphatic carbocycles. The van der Waals surface area contributed by atoms with Crippen LogP contribution in [0, 0.1) is 0 Å². The summed E-state index contributed by atoms with van der Waals surface area (Å²) >= 11 is 0. The van der Waals surface area contributed by atoms with Crippen molar-refractivity contribution in [3.63, 3.8) is 0 Å². The smallest absolute Gasteiger partial charge is 0.664 e. The van der Waals surface area contributed by atoms with E-state index in [4.69, 9.17) is 0 Å². The first-order valence-corrected chi connectivity index (χ1v) is 5.28. The van der Waals surface area contributed by atoms with Crippen molar-refractivity contribution in [2.24, 2.45) is 0 Å². The zero-order chi connectivity index (χ0) is 10.8. The summed E-state index contributed by atoms with van der Waals surface area (Å²) in [7, 11) is 8.09. The van der Waals surface area contributed by atoms with E-state index in [0.29, 0.717) is 0 Å². The van der Waals surface area contributed by atoms with Gasteiger partial charge in [0, 0.05) is 26.2 Å². The largest absolute Gasteiger partial charge is 1.00 e. The maximum atomic E-state index is 4.13. The van der Waals surface area contributed by atoms with E-state index in [9.17, 15) is 0 Å². The fraction of sp³-hybridized carbons (Fsp3) is 1.00. The van der Waals surface area contributed by atoms with Gasteiger partial charge in [-0.25, -0.2) is 0 Å². The molecule has 0 spiro atoms. The van der Waals surface area contributed by atoms with Gasteiger partial charge in [0.15, 0.2) is 0 Å². The normalized spacial score (nSPS) is 10.8. The van der Waals surface area contributed by atoms with E-state index in [-0.39, 0.29) is 51.4 Å². The van der Waals surface area contributed by atoms with E-state index in [1.165, 1.54) is 0 Å². The molecule has 0 radical (unpaired) electrons. The topological polar surface area (TPSA) is 32.6 Å². The van der Waals surface area contributed by atoms with Crippen LogP contribution in [0.2, 0.25) is 0 Å². The van der Waals surface area contributed by atoms with Crippen LogP contribution in [0.4, 0.5) is 0 Å². The number of hydrogen-bond donors (Lipinski definition) is 1. The van der Waals surface area contributed by atoms with Gasteiger partial charge in [0.1, 0.15) is 0 Å². The van der Waals surface area contributed by atoms with Crippen molar-refractivity contribution in [1.29, 1.82) is 0 Å². The average molecular weight is 240 g/mol. The molecule has 0 aliphatic rings. The molecule has 15 heavy (non-hydrogen) atoms. The number of nitrogens with one attached hydrogen (secondary N) is 1. The standard InChI is InChI=1S/C10H25N4.K/c1-11-5-7-14(8-6-12-2)10-9-13(3)4;/h11H,5-10H2,1-4H3;/q-1;+1. The first-order chi connectivity index (χ1) is 6.70. The van der Waals surface area contributed by atoms with Gasteiger partial charge in [-0.1, -0.05) is 0 Å². The third kappa shape index (κ3) is 13.4. The van der Waals surface area contributed by atoms with Crippen LogP contribution in [0.25, 0.3) is 5.32 Å². The van der Waals surface area contributed by atoms with E-state index in [1.54, 1.807) is 0 Å². The molecule has 0 saturated heterocycles. The minimum atomic E-state index is 0. The molecule has 5 heteroatoms. The molecular formula is C10H25KN4. The molecule has 0 saturated carbocycles. The number of hydrogen-bond acceptors (Lipinski definition) is 3. The Morgan fingerprint density at radius 3 is 2.20 bits per heavy atom. The second kappa shape index (κ2) is 13.5. The van der Waals surface area contributed by atoms with Crippen molar-refractivity contribution in [2.75, 3.05) is 67.5 Å². The van der Waals surface area contributed by atoms with Gasteiger partial charge in [0.2, 0.25) is 0 Å². The van der Waals surface area contributed by atoms with Gasteiger partial charge in [0.05, 0.1) is 0 Å². The summed E-state index contributed by atoms with van der Waals surface area (Å²) in [4.78, 5) is 4.67. The van der Waals surface area contributed by atoms with Crippen LogP contribution in [0.3, 0.4) is 0 Å². The Morgan fingerprint density at radius 1 is 1.07 bits per heavy atom. The van der Waals surface area contributed by atoms with Crippen molar-refractivity contribution >= 4 is 0 Å². The van der Waals surface area contributed by atoms with Crippen LogP contribution in [0.5, 0.6) is 0 Å². The number of likely N-dealkylation sites (N-methyl/N-ethyl adjacent to an activating group) is 3. The van der Waals surface area contributed by atoms with Gasteiger partial charge < -0.3 is 20.4 Å². The molecule has 0 aromatic heterocycles. The molecule has 0 aliphatic heterocycles. The first kappa shape index (κ1) is 18.8. The maximum Gasteiger partial charge on any atom is 1.00 e. The van der Waals surface area contributed by atoms with E-state index < -0.39 is 0 Å². The molecular weight excluding hydrogens is 215 g/mol. The Morgan fingerprint density at radius 2 is 1.73 bits per heavy atom. The molecule has 0 rings (SSSR count). The molecule has 0 heterocycles. The number of rotatable bonds is 9. The molecule has 0 aromatic rings. The fourth-order valence-corrected chi connectivity index (χ4v) is 1.19. The van der Waals surface area contributed by atoms with E-state index >= 15 is 0 Å². The Hall–Kier alpha value is 1.48. The molecule has 4 nitrogen and oxygen atoms in total. The van der Waals surface area contributed by atoms with Crippen LogP contribution >= 0.6 is 0 Å². The first-order valence-electron chi connectivity index (χ1n) is 5.28. The molecule has 1 N–H and O–H groups in total. The quantitative estimate of drug-likeness (QED) is 0.438. The predicted octanol–water partition coefficient (Wildman–Crippen LogP) is -2.92. The average Bonchev–Trinajstić information content (AvgIpc) is 2.16. The maximum absolute atomic E-state index is 4.13. The van der Waals surface area contributed by atoms with Crippen molar-refractivity contribution < 1.29 is 51.4 Å². The van der Waals surface area contributed by atoms with Crippen molar-refractivity contribution in [1.82, 2.24) is 15.1 Å². The Labute approximate surface area is 138 Å². The predicted molar refractivity (Wildman–Crippen MR) is 63.1 cm³/mol. The Bertz CT molecular complexity index is 114. The van der Waals surface area contributed by atoms with Crippen LogP contribution < -0.4 is 56.7 Å². The summed E-state index contributed by atoms with van der Waals surface area (Å²) in [5.74, 6) is 0. The zero-order valence-corrected chi connectivity index (χ0v) is 14.2. The summed E-state index contributed by atoms with van der Waals surface area (Å²) in [6.45, 7) is 6.43. The van der Waals surface area contributed by atoms with Crippen LogP contribution in [0.15, 0.2) is 0 Å². The summed E-state index contributed by atoms with van der Waals surface area (Å²) in [6, 6.07) is 0. The molecule has 0 bridgehead atoms. The minimum Gasteiger partial charge on any atom is -0.664 e. The van der Waals surface area contributed by atoms with Crippen molar-refractivity contribution in [3.8, 4) is 0 Å². The summed E-state index contributed by atoms with van der Waals surface area (Å²) in [5, 5.41) is 7.31. The monoisotopic (exact) mass is 240 g/mol. The van der Waals surface area contributed by atoms with Gasteiger partial charge in [-0.05, 0) is 27.7 Å². The SMILES string of the molecule is C[N-]CCN(CCNC)CCN(C)C.[K+]. The third-order valence-electron chi connectivity index (χ3n) is 2.18. The summed E-state index contributed by atoms with van der Waals surface area (Å²) in [6.07, 6.45) is 0. The van der Waals surface area contributed by atoms with Crippen LogP contribution in [-0.4, -0.2) is 77.3 Å². The molecule has 0 atom stereocenters. The summed E-state index contributed by atoms with van der Waals surface area (Å²) < 4.78 is 0. The minimum absolute atomic E-state index is 0. The van der Waals surface area contributed by atoms with Gasteiger partial charge in [-0.2, -0.15) is 7.05 Å². The fourth-order valence-electron chi connectivity index (χ4n) is 1.19. The van der Waals surface area contributed by atoms with Crippen molar-refractivity contribution in [2.45, 2.75) is 0 Å². The van der Waals surface area contributed by atoms with Gasteiger partial charge in [0.25, 0.3) is 0 Å². The molecule has 0 fully saturated rings. The second-order valence-corrected chi connectivity index (χ2v) is 3.79. The Kier molecular flexibility index (Phi) is 17.0. The second-order valence-electron chi connectivity index (χ2n) is 3.79. The Balaban J connectivity index is 0. The molecule has 86 valence electrons. The zero-order valence-electron chi connectivity index (χ0n) is 11.1. The third-order valence-corrected chi connectivity index (χ3v) is 2.18. The summed E-state index contributed by atoms with van der Waals surface area (Å²) in [5.41, 5.74) is 0. The molecule has 0 aromatic carbocycles. The van der Waals surface area contributed by atoms with Gasteiger partial charge in [-0.3, -0.25) is 0 Å². The van der Waals surface area contributed by atoms with Crippen molar-refractivity contribution in [3.05, 3.63) is 5.32 Å². The van der Waals surface area contributed by atoms with Gasteiger partial charge >= 0.3 is 51.4 Å². The van der Waals surface area contributed by atoms with Crippen LogP contribution in [0.1, 0.15) is 0 Å². The molecule has 0 amide bonds. The van der Waals surface area contributed by atoms with Gasteiger partial charge in [-0.15, -0.1) is 6.54 Å². The molecule has 0 unspecified atom stereocenters.